The van der Waals surface area contributed by atoms with E-state index in [9.17, 15) is 4.21 Å². The van der Waals surface area contributed by atoms with Gasteiger partial charge in [-0.3, -0.25) is 4.21 Å². The zero-order chi connectivity index (χ0) is 11.7. The highest BCUT2D eigenvalue weighted by Crippen LogP contribution is 2.33. The Kier molecular flexibility index (Phi) is 3.29. The van der Waals surface area contributed by atoms with Crippen molar-refractivity contribution in [1.29, 1.82) is 0 Å². The monoisotopic (exact) mass is 234 g/mol. The number of hydrogen-bond donors (Lipinski definition) is 0. The minimum Gasteiger partial charge on any atom is -0.259 e. The second-order valence-corrected chi connectivity index (χ2v) is 6.31. The molecule has 2 heteroatoms. The van der Waals surface area contributed by atoms with Crippen molar-refractivity contribution in [1.82, 2.24) is 0 Å². The van der Waals surface area contributed by atoms with Gasteiger partial charge in [0.2, 0.25) is 0 Å². The van der Waals surface area contributed by atoms with Crippen molar-refractivity contribution in [3.8, 4) is 0 Å². The molecule has 0 aromatic heterocycles. The maximum atomic E-state index is 12.1. The summed E-state index contributed by atoms with van der Waals surface area (Å²) in [6, 6.07) is 8.44. The first kappa shape index (κ1) is 11.6. The van der Waals surface area contributed by atoms with Gasteiger partial charge in [-0.2, -0.15) is 0 Å². The molecule has 2 atom stereocenters. The maximum absolute atomic E-state index is 12.1. The van der Waals surface area contributed by atoms with E-state index in [0.29, 0.717) is 0 Å². The fraction of sp³-hybridized carbons (Fsp3) is 0.429. The number of rotatable bonds is 1. The first-order valence-corrected chi connectivity index (χ1v) is 7.05. The van der Waals surface area contributed by atoms with Crippen LogP contribution in [0.5, 0.6) is 0 Å². The van der Waals surface area contributed by atoms with Gasteiger partial charge < -0.3 is 0 Å². The molecule has 1 nitrogen and oxygen atoms in total. The van der Waals surface area contributed by atoms with Gasteiger partial charge in [-0.15, -0.1) is 0 Å². The van der Waals surface area contributed by atoms with Gasteiger partial charge in [0, 0.05) is 16.6 Å². The van der Waals surface area contributed by atoms with E-state index in [1.807, 2.05) is 0 Å². The van der Waals surface area contributed by atoms with Gasteiger partial charge in [0.05, 0.1) is 5.25 Å². The van der Waals surface area contributed by atoms with E-state index in [1.54, 1.807) is 0 Å². The Labute approximate surface area is 100 Å². The molecule has 0 saturated heterocycles. The molecule has 1 aliphatic rings. The molecule has 86 valence electrons. The van der Waals surface area contributed by atoms with E-state index in [2.05, 4.69) is 45.0 Å². The Morgan fingerprint density at radius 2 is 1.69 bits per heavy atom. The van der Waals surface area contributed by atoms with Crippen LogP contribution in [-0.4, -0.2) is 9.96 Å². The third-order valence-corrected chi connectivity index (χ3v) is 5.14. The summed E-state index contributed by atoms with van der Waals surface area (Å²) in [6.07, 6.45) is 0.946. The molecule has 0 fully saturated rings. The minimum absolute atomic E-state index is 0.198. The Hall–Kier alpha value is -0.890. The molecule has 1 unspecified atom stereocenters. The minimum atomic E-state index is -0.744. The van der Waals surface area contributed by atoms with E-state index >= 15 is 0 Å². The van der Waals surface area contributed by atoms with Gasteiger partial charge in [-0.05, 0) is 32.8 Å². The third kappa shape index (κ3) is 2.27. The van der Waals surface area contributed by atoms with Crippen LogP contribution in [-0.2, 0) is 10.8 Å². The van der Waals surface area contributed by atoms with Crippen LogP contribution in [0.2, 0.25) is 0 Å². The lowest BCUT2D eigenvalue weighted by atomic mass is 10.0. The Bertz CT molecular complexity index is 442. The van der Waals surface area contributed by atoms with Crippen molar-refractivity contribution in [2.45, 2.75) is 32.4 Å². The van der Waals surface area contributed by atoms with Gasteiger partial charge in [0.1, 0.15) is 0 Å². The molecule has 0 radical (unpaired) electrons. The highest BCUT2D eigenvalue weighted by atomic mass is 32.2. The summed E-state index contributed by atoms with van der Waals surface area (Å²) < 4.78 is 12.1. The Morgan fingerprint density at radius 1 is 1.06 bits per heavy atom. The predicted molar refractivity (Wildman–Crippen MR) is 69.9 cm³/mol. The van der Waals surface area contributed by atoms with Gasteiger partial charge in [0.15, 0.2) is 0 Å². The molecule has 0 amide bonds. The quantitative estimate of drug-likeness (QED) is 0.679. The molecule has 1 heterocycles. The van der Waals surface area contributed by atoms with Crippen molar-refractivity contribution in [3.63, 3.8) is 0 Å². The fourth-order valence-electron chi connectivity index (χ4n) is 2.03. The smallest absolute Gasteiger partial charge is 0.0637 e. The van der Waals surface area contributed by atoms with Gasteiger partial charge in [0.25, 0.3) is 0 Å². The van der Waals surface area contributed by atoms with Crippen molar-refractivity contribution in [2.75, 3.05) is 5.75 Å². The first-order valence-electron chi connectivity index (χ1n) is 5.67. The summed E-state index contributed by atoms with van der Waals surface area (Å²) in [5.41, 5.74) is 5.19. The molecular weight excluding hydrogens is 216 g/mol. The molecule has 1 aromatic rings. The molecule has 0 spiro atoms. The topological polar surface area (TPSA) is 17.1 Å². The van der Waals surface area contributed by atoms with Crippen LogP contribution >= 0.6 is 0 Å². The third-order valence-electron chi connectivity index (χ3n) is 3.35. The zero-order valence-electron chi connectivity index (χ0n) is 10.1. The average molecular weight is 234 g/mol. The summed E-state index contributed by atoms with van der Waals surface area (Å²) >= 11 is 0. The summed E-state index contributed by atoms with van der Waals surface area (Å²) in [4.78, 5) is 0. The SMILES string of the molecule is CC1=C(C)CS(=O)[C@@H](c2ccc(C)cc2)C1. The summed E-state index contributed by atoms with van der Waals surface area (Å²) in [5.74, 6) is 0.740. The maximum Gasteiger partial charge on any atom is 0.0637 e. The van der Waals surface area contributed by atoms with Crippen LogP contribution < -0.4 is 0 Å². The average Bonchev–Trinajstić information content (AvgIpc) is 2.25. The van der Waals surface area contributed by atoms with E-state index < -0.39 is 10.8 Å². The lowest BCUT2D eigenvalue weighted by molar-refractivity contribution is 0.667. The largest absolute Gasteiger partial charge is 0.259 e. The summed E-state index contributed by atoms with van der Waals surface area (Å²) in [7, 11) is -0.744. The molecule has 0 aliphatic carbocycles. The highest BCUT2D eigenvalue weighted by Gasteiger charge is 2.24. The fourth-order valence-corrected chi connectivity index (χ4v) is 3.80. The van der Waals surface area contributed by atoms with Gasteiger partial charge >= 0.3 is 0 Å². The molecule has 0 N–H and O–H groups in total. The Balaban J connectivity index is 2.29. The zero-order valence-corrected chi connectivity index (χ0v) is 10.9. The second-order valence-electron chi connectivity index (χ2n) is 4.69. The molecule has 2 rings (SSSR count). The second kappa shape index (κ2) is 4.54. The standard InChI is InChI=1S/C14H18OS/c1-10-4-6-13(7-5-10)14-8-11(2)12(3)9-16(14)15/h4-7,14H,8-9H2,1-3H3/t14-,16?/m1/s1. The normalized spacial score (nSPS) is 25.9. The van der Waals surface area contributed by atoms with E-state index in [0.717, 1.165) is 12.2 Å². The molecule has 1 aliphatic heterocycles. The molecule has 1 aromatic carbocycles. The van der Waals surface area contributed by atoms with Crippen LogP contribution in [0.25, 0.3) is 0 Å². The predicted octanol–water partition coefficient (Wildman–Crippen LogP) is 3.52. The van der Waals surface area contributed by atoms with Crippen molar-refractivity contribution < 1.29 is 4.21 Å². The van der Waals surface area contributed by atoms with E-state index in [1.165, 1.54) is 22.3 Å². The Morgan fingerprint density at radius 3 is 2.31 bits per heavy atom. The van der Waals surface area contributed by atoms with Crippen molar-refractivity contribution in [3.05, 3.63) is 46.5 Å². The number of allylic oxidation sites excluding steroid dienone is 1. The first-order chi connectivity index (χ1) is 7.58. The molecule has 0 bridgehead atoms. The van der Waals surface area contributed by atoms with Crippen molar-refractivity contribution >= 4 is 10.8 Å². The van der Waals surface area contributed by atoms with E-state index in [4.69, 9.17) is 0 Å². The van der Waals surface area contributed by atoms with Crippen LogP contribution in [0, 0.1) is 6.92 Å². The number of aryl methyl sites for hydroxylation is 1. The number of benzene rings is 1. The number of hydrogen-bond acceptors (Lipinski definition) is 1. The summed E-state index contributed by atoms with van der Waals surface area (Å²) in [6.45, 7) is 6.34. The lowest BCUT2D eigenvalue weighted by Gasteiger charge is -2.24. The van der Waals surface area contributed by atoms with E-state index in [-0.39, 0.29) is 5.25 Å². The van der Waals surface area contributed by atoms with Crippen LogP contribution in [0.4, 0.5) is 0 Å². The highest BCUT2D eigenvalue weighted by molar-refractivity contribution is 7.85. The molecular formula is C14H18OS. The van der Waals surface area contributed by atoms with Gasteiger partial charge in [-0.25, -0.2) is 0 Å². The van der Waals surface area contributed by atoms with Crippen LogP contribution in [0.1, 0.15) is 36.6 Å². The lowest BCUT2D eigenvalue weighted by Crippen LogP contribution is -2.17. The van der Waals surface area contributed by atoms with Crippen LogP contribution in [0.3, 0.4) is 0 Å². The van der Waals surface area contributed by atoms with Gasteiger partial charge in [-0.1, -0.05) is 41.0 Å². The molecule has 16 heavy (non-hydrogen) atoms. The molecule has 0 saturated carbocycles. The summed E-state index contributed by atoms with van der Waals surface area (Å²) in [5, 5.41) is 0.198. The van der Waals surface area contributed by atoms with Crippen molar-refractivity contribution in [2.24, 2.45) is 0 Å². The van der Waals surface area contributed by atoms with Crippen LogP contribution in [0.15, 0.2) is 35.4 Å².